The zero-order valence-electron chi connectivity index (χ0n) is 8.12. The molecule has 0 aliphatic heterocycles. The zero-order chi connectivity index (χ0) is 11.0. The van der Waals surface area contributed by atoms with Crippen LogP contribution in [0.25, 0.3) is 22.3 Å². The molecule has 0 atom stereocenters. The Morgan fingerprint density at radius 2 is 2.00 bits per heavy atom. The van der Waals surface area contributed by atoms with Crippen LogP contribution in [0.1, 0.15) is 5.56 Å². The van der Waals surface area contributed by atoms with E-state index in [0.29, 0.717) is 27.9 Å². The van der Waals surface area contributed by atoms with Crippen molar-refractivity contribution in [1.29, 1.82) is 5.26 Å². The van der Waals surface area contributed by atoms with Crippen molar-refractivity contribution in [3.05, 3.63) is 36.2 Å². The van der Waals surface area contributed by atoms with Crippen molar-refractivity contribution in [3.63, 3.8) is 0 Å². The quantitative estimate of drug-likeness (QED) is 0.557. The Balaban J connectivity index is 2.51. The molecule has 5 heteroatoms. The van der Waals surface area contributed by atoms with E-state index < -0.39 is 0 Å². The molecule has 3 rings (SSSR count). The van der Waals surface area contributed by atoms with Gasteiger partial charge in [-0.1, -0.05) is 6.07 Å². The molecule has 3 heterocycles. The third-order valence-corrected chi connectivity index (χ3v) is 2.22. The average Bonchev–Trinajstić information content (AvgIpc) is 2.55. The lowest BCUT2D eigenvalue weighted by molar-refractivity contribution is 1.28. The molecule has 74 valence electrons. The minimum Gasteiger partial charge on any atom is -0.240 e. The molecule has 0 amide bonds. The number of nitrogens with zero attached hydrogens (tertiary/aromatic N) is 5. The summed E-state index contributed by atoms with van der Waals surface area (Å²) >= 11 is 0. The van der Waals surface area contributed by atoms with Crippen LogP contribution in [-0.2, 0) is 0 Å². The summed E-state index contributed by atoms with van der Waals surface area (Å²) in [5.41, 5.74) is 2.61. The van der Waals surface area contributed by atoms with E-state index in [9.17, 15) is 0 Å². The predicted octanol–water partition coefficient (Wildman–Crippen LogP) is 1.44. The van der Waals surface area contributed by atoms with Crippen LogP contribution in [0, 0.1) is 11.3 Å². The van der Waals surface area contributed by atoms with E-state index in [1.54, 1.807) is 12.3 Å². The maximum Gasteiger partial charge on any atom is 0.181 e. The van der Waals surface area contributed by atoms with Crippen LogP contribution in [0.15, 0.2) is 30.6 Å². The molecule has 0 fully saturated rings. The Morgan fingerprint density at radius 3 is 2.88 bits per heavy atom. The normalized spacial score (nSPS) is 10.4. The summed E-state index contributed by atoms with van der Waals surface area (Å²) in [5.74, 6) is 0. The Kier molecular flexibility index (Phi) is 1.74. The summed E-state index contributed by atoms with van der Waals surface area (Å²) in [6.45, 7) is 0. The highest BCUT2D eigenvalue weighted by atomic mass is 15.0. The molecule has 3 aromatic rings. The summed E-state index contributed by atoms with van der Waals surface area (Å²) in [4.78, 5) is 16.7. The number of rotatable bonds is 0. The fourth-order valence-electron chi connectivity index (χ4n) is 1.49. The van der Waals surface area contributed by atoms with Crippen LogP contribution in [0.4, 0.5) is 0 Å². The summed E-state index contributed by atoms with van der Waals surface area (Å²) in [5, 5.41) is 8.87. The average molecular weight is 207 g/mol. The molecule has 16 heavy (non-hydrogen) atoms. The van der Waals surface area contributed by atoms with Crippen molar-refractivity contribution in [2.24, 2.45) is 0 Å². The molecule has 3 aromatic heterocycles. The smallest absolute Gasteiger partial charge is 0.181 e. The second kappa shape index (κ2) is 3.21. The monoisotopic (exact) mass is 207 g/mol. The molecule has 0 aromatic carbocycles. The molecule has 0 aliphatic carbocycles. The van der Waals surface area contributed by atoms with E-state index in [2.05, 4.69) is 19.9 Å². The van der Waals surface area contributed by atoms with Crippen LogP contribution >= 0.6 is 0 Å². The second-order valence-corrected chi connectivity index (χ2v) is 3.22. The van der Waals surface area contributed by atoms with Crippen LogP contribution in [0.5, 0.6) is 0 Å². The molecular formula is C11H5N5. The Morgan fingerprint density at radius 1 is 1.06 bits per heavy atom. The maximum absolute atomic E-state index is 8.87. The van der Waals surface area contributed by atoms with Gasteiger partial charge in [-0.3, -0.25) is 0 Å². The van der Waals surface area contributed by atoms with Crippen LogP contribution in [0.2, 0.25) is 0 Å². The third kappa shape index (κ3) is 1.17. The van der Waals surface area contributed by atoms with Crippen LogP contribution < -0.4 is 0 Å². The van der Waals surface area contributed by atoms with Crippen molar-refractivity contribution < 1.29 is 0 Å². The maximum atomic E-state index is 8.87. The first-order valence-corrected chi connectivity index (χ1v) is 4.66. The minimum atomic E-state index is 0.441. The number of aromatic nitrogens is 4. The van der Waals surface area contributed by atoms with E-state index >= 15 is 0 Å². The summed E-state index contributed by atoms with van der Waals surface area (Å²) in [6, 6.07) is 7.48. The largest absolute Gasteiger partial charge is 0.240 e. The van der Waals surface area contributed by atoms with Crippen molar-refractivity contribution in [3.8, 4) is 6.07 Å². The van der Waals surface area contributed by atoms with Gasteiger partial charge in [0.2, 0.25) is 0 Å². The fourth-order valence-corrected chi connectivity index (χ4v) is 1.49. The zero-order valence-corrected chi connectivity index (χ0v) is 8.12. The first-order valence-electron chi connectivity index (χ1n) is 4.66. The van der Waals surface area contributed by atoms with Crippen molar-refractivity contribution in [1.82, 2.24) is 19.9 Å². The summed E-state index contributed by atoms with van der Waals surface area (Å²) in [7, 11) is 0. The molecule has 0 spiro atoms. The van der Waals surface area contributed by atoms with Crippen molar-refractivity contribution >= 4 is 22.3 Å². The van der Waals surface area contributed by atoms with E-state index in [1.165, 1.54) is 6.20 Å². The van der Waals surface area contributed by atoms with Gasteiger partial charge >= 0.3 is 0 Å². The molecule has 5 nitrogen and oxygen atoms in total. The molecule has 0 N–H and O–H groups in total. The standard InChI is InChI=1S/C11H5N5/c12-5-7-6-14-11-9(7)15-8-3-1-2-4-13-10(8)16-11/h1-4,6H. The first kappa shape index (κ1) is 8.68. The number of nitriles is 1. The summed E-state index contributed by atoms with van der Waals surface area (Å²) < 4.78 is 0. The molecule has 0 aliphatic rings. The lowest BCUT2D eigenvalue weighted by Crippen LogP contribution is -1.86. The van der Waals surface area contributed by atoms with Gasteiger partial charge in [-0.15, -0.1) is 0 Å². The van der Waals surface area contributed by atoms with Gasteiger partial charge < -0.3 is 0 Å². The highest BCUT2D eigenvalue weighted by molar-refractivity contribution is 5.85. The second-order valence-electron chi connectivity index (χ2n) is 3.22. The summed E-state index contributed by atoms with van der Waals surface area (Å²) in [6.07, 6.45) is 3.13. The molecule has 0 unspecified atom stereocenters. The van der Waals surface area contributed by atoms with Crippen LogP contribution in [0.3, 0.4) is 0 Å². The lowest BCUT2D eigenvalue weighted by atomic mass is 10.3. The van der Waals surface area contributed by atoms with E-state index in [1.807, 2.05) is 18.2 Å². The van der Waals surface area contributed by atoms with Gasteiger partial charge in [-0.25, -0.2) is 19.9 Å². The topological polar surface area (TPSA) is 75.3 Å². The first-order chi connectivity index (χ1) is 7.88. The van der Waals surface area contributed by atoms with Gasteiger partial charge in [0.15, 0.2) is 11.3 Å². The molecule has 0 bridgehead atoms. The van der Waals surface area contributed by atoms with E-state index in [0.717, 1.165) is 0 Å². The van der Waals surface area contributed by atoms with Gasteiger partial charge in [0.25, 0.3) is 0 Å². The fraction of sp³-hybridized carbons (Fsp3) is 0. The lowest BCUT2D eigenvalue weighted by Gasteiger charge is -1.91. The van der Waals surface area contributed by atoms with Crippen LogP contribution in [-0.4, -0.2) is 19.9 Å². The van der Waals surface area contributed by atoms with Gasteiger partial charge in [0, 0.05) is 12.4 Å². The molecule has 0 saturated carbocycles. The molecule has 0 saturated heterocycles. The van der Waals surface area contributed by atoms with Crippen molar-refractivity contribution in [2.75, 3.05) is 0 Å². The van der Waals surface area contributed by atoms with Gasteiger partial charge in [0.1, 0.15) is 17.1 Å². The number of fused-ring (bicyclic) bond motifs is 2. The van der Waals surface area contributed by atoms with Gasteiger partial charge in [0.05, 0.1) is 5.56 Å². The highest BCUT2D eigenvalue weighted by Gasteiger charge is 2.08. The SMILES string of the molecule is N#Cc1cnc2nc3nccccc3nc12. The van der Waals surface area contributed by atoms with E-state index in [-0.39, 0.29) is 0 Å². The van der Waals surface area contributed by atoms with Crippen molar-refractivity contribution in [2.45, 2.75) is 0 Å². The number of hydrogen-bond donors (Lipinski definition) is 0. The third-order valence-electron chi connectivity index (χ3n) is 2.22. The van der Waals surface area contributed by atoms with Gasteiger partial charge in [-0.05, 0) is 12.1 Å². The minimum absolute atomic E-state index is 0.441. The Bertz CT molecular complexity index is 729. The number of hydrogen-bond acceptors (Lipinski definition) is 5. The highest BCUT2D eigenvalue weighted by Crippen LogP contribution is 2.15. The van der Waals surface area contributed by atoms with Gasteiger partial charge in [-0.2, -0.15) is 5.26 Å². The Hall–Kier alpha value is -2.61. The molecular weight excluding hydrogens is 202 g/mol. The van der Waals surface area contributed by atoms with E-state index in [4.69, 9.17) is 5.26 Å². The Labute approximate surface area is 90.4 Å². The predicted molar refractivity (Wildman–Crippen MR) is 57.3 cm³/mol. The molecule has 0 radical (unpaired) electrons.